The minimum atomic E-state index is -0.589. The molecule has 1 fully saturated rings. The third-order valence-electron chi connectivity index (χ3n) is 6.01. The summed E-state index contributed by atoms with van der Waals surface area (Å²) >= 11 is 11.7. The van der Waals surface area contributed by atoms with Gasteiger partial charge in [0.15, 0.2) is 6.61 Å². The number of hydrogen-bond donors (Lipinski definition) is 1. The molecule has 0 spiro atoms. The van der Waals surface area contributed by atoms with E-state index in [-0.39, 0.29) is 35.2 Å². The largest absolute Gasteiger partial charge is 0.484 e. The molecule has 10 heteroatoms. The molecule has 0 saturated heterocycles. The van der Waals surface area contributed by atoms with Crippen LogP contribution >= 0.6 is 23.2 Å². The van der Waals surface area contributed by atoms with Gasteiger partial charge in [0.05, 0.1) is 10.5 Å². The summed E-state index contributed by atoms with van der Waals surface area (Å²) in [5.41, 5.74) is 1.41. The second kappa shape index (κ2) is 10.2. The Morgan fingerprint density at radius 2 is 1.89 bits per heavy atom. The van der Waals surface area contributed by atoms with Gasteiger partial charge in [0.1, 0.15) is 17.3 Å². The zero-order valence-electron chi connectivity index (χ0n) is 18.5. The van der Waals surface area contributed by atoms with Crippen molar-refractivity contribution in [3.8, 4) is 17.3 Å². The molecule has 0 aliphatic heterocycles. The normalized spacial score (nSPS) is 17.9. The van der Waals surface area contributed by atoms with Gasteiger partial charge in [-0.1, -0.05) is 29.3 Å². The molecule has 0 radical (unpaired) electrons. The van der Waals surface area contributed by atoms with Crippen LogP contribution in [0.1, 0.15) is 37.5 Å². The first-order valence-corrected chi connectivity index (χ1v) is 12.0. The molecule has 2 aromatic carbocycles. The van der Waals surface area contributed by atoms with Gasteiger partial charge in [-0.15, -0.1) is 10.2 Å². The predicted molar refractivity (Wildman–Crippen MR) is 130 cm³/mol. The molecule has 180 valence electrons. The molecule has 4 aromatic rings. The lowest BCUT2D eigenvalue weighted by Gasteiger charge is -2.27. The molecule has 1 aliphatic rings. The van der Waals surface area contributed by atoms with Gasteiger partial charge in [-0.2, -0.15) is 0 Å². The van der Waals surface area contributed by atoms with Crippen molar-refractivity contribution in [3.63, 3.8) is 0 Å². The highest BCUT2D eigenvalue weighted by atomic mass is 35.5. The lowest BCUT2D eigenvalue weighted by molar-refractivity contribution is -0.124. The molecule has 2 aromatic heterocycles. The maximum atomic E-state index is 13.5. The van der Waals surface area contributed by atoms with E-state index < -0.39 is 5.82 Å². The van der Waals surface area contributed by atoms with Gasteiger partial charge in [0.2, 0.25) is 5.89 Å². The number of carbonyl (C=O) groups is 1. The fourth-order valence-electron chi connectivity index (χ4n) is 4.19. The van der Waals surface area contributed by atoms with Gasteiger partial charge < -0.3 is 14.5 Å². The monoisotopic (exact) mass is 514 g/mol. The summed E-state index contributed by atoms with van der Waals surface area (Å²) in [6.07, 6.45) is 3.16. The second-order valence-corrected chi connectivity index (χ2v) is 9.30. The fraction of sp³-hybridized carbons (Fsp3) is 0.280. The molecule has 1 saturated carbocycles. The third-order valence-corrected chi connectivity index (χ3v) is 6.56. The lowest BCUT2D eigenvalue weighted by Crippen LogP contribution is -2.39. The van der Waals surface area contributed by atoms with Crippen molar-refractivity contribution in [2.75, 3.05) is 6.61 Å². The molecule has 1 amide bonds. The maximum Gasteiger partial charge on any atom is 0.266 e. The number of halogens is 3. The summed E-state index contributed by atoms with van der Waals surface area (Å²) in [6.45, 7) is -0.195. The number of amides is 1. The van der Waals surface area contributed by atoms with Crippen LogP contribution in [-0.2, 0) is 4.79 Å². The first-order valence-electron chi connectivity index (χ1n) is 11.2. The Morgan fingerprint density at radius 1 is 1.06 bits per heavy atom. The molecule has 0 bridgehead atoms. The number of nitrogens with one attached hydrogen (secondary N) is 1. The van der Waals surface area contributed by atoms with Crippen molar-refractivity contribution >= 4 is 40.0 Å². The van der Waals surface area contributed by atoms with Crippen molar-refractivity contribution < 1.29 is 18.3 Å². The first-order chi connectivity index (χ1) is 16.9. The molecular formula is C25H21Cl2FN4O3. The van der Waals surface area contributed by atoms with Gasteiger partial charge in [-0.25, -0.2) is 9.37 Å². The molecule has 1 aliphatic carbocycles. The van der Waals surface area contributed by atoms with Crippen LogP contribution in [0.4, 0.5) is 4.39 Å². The van der Waals surface area contributed by atoms with Gasteiger partial charge in [0, 0.05) is 28.4 Å². The van der Waals surface area contributed by atoms with Crippen LogP contribution in [0.25, 0.3) is 22.5 Å². The Hall–Kier alpha value is -3.23. The van der Waals surface area contributed by atoms with E-state index in [0.29, 0.717) is 22.5 Å². The quantitative estimate of drug-likeness (QED) is 0.341. The molecule has 5 rings (SSSR count). The minimum absolute atomic E-state index is 0.00539. The van der Waals surface area contributed by atoms with Crippen LogP contribution in [0.15, 0.2) is 52.9 Å². The molecule has 1 N–H and O–H groups in total. The van der Waals surface area contributed by atoms with Crippen LogP contribution < -0.4 is 10.1 Å². The van der Waals surface area contributed by atoms with E-state index in [1.165, 1.54) is 12.1 Å². The SMILES string of the molecule is O=C(COc1ccc(Cl)c(F)c1)NC1CCC(c2nnc(-c3ccc4cc(Cl)ccc4n3)o2)CC1. The summed E-state index contributed by atoms with van der Waals surface area (Å²) in [7, 11) is 0. The van der Waals surface area contributed by atoms with E-state index in [2.05, 4.69) is 20.5 Å². The average molecular weight is 515 g/mol. The van der Waals surface area contributed by atoms with Crippen molar-refractivity contribution in [3.05, 3.63) is 70.3 Å². The highest BCUT2D eigenvalue weighted by molar-refractivity contribution is 6.31. The summed E-state index contributed by atoms with van der Waals surface area (Å²) in [5, 5.41) is 13.0. The van der Waals surface area contributed by atoms with Crippen LogP contribution in [-0.4, -0.2) is 33.7 Å². The summed E-state index contributed by atoms with van der Waals surface area (Å²) in [5.74, 6) is 0.486. The topological polar surface area (TPSA) is 90.1 Å². The first kappa shape index (κ1) is 23.5. The standard InChI is InChI=1S/C25H21Cl2FN4O3/c26-16-4-10-21-15(11-16)3-9-22(30-21)25-32-31-24(35-25)14-1-5-17(6-2-14)29-23(33)13-34-18-7-8-19(27)20(28)12-18/h3-4,7-12,14,17H,1-2,5-6,13H2,(H,29,33). The van der Waals surface area contributed by atoms with E-state index in [9.17, 15) is 9.18 Å². The van der Waals surface area contributed by atoms with Crippen molar-refractivity contribution in [1.82, 2.24) is 20.5 Å². The number of ether oxygens (including phenoxy) is 1. The van der Waals surface area contributed by atoms with E-state index in [1.807, 2.05) is 24.3 Å². The lowest BCUT2D eigenvalue weighted by atomic mass is 9.86. The second-order valence-electron chi connectivity index (χ2n) is 8.46. The Balaban J connectivity index is 1.13. The number of benzene rings is 2. The van der Waals surface area contributed by atoms with E-state index >= 15 is 0 Å². The highest BCUT2D eigenvalue weighted by Gasteiger charge is 2.27. The molecule has 7 nitrogen and oxygen atoms in total. The zero-order chi connectivity index (χ0) is 24.4. The molecular weight excluding hydrogens is 494 g/mol. The third kappa shape index (κ3) is 5.55. The van der Waals surface area contributed by atoms with Gasteiger partial charge in [0.25, 0.3) is 11.8 Å². The number of rotatable bonds is 6. The molecule has 0 atom stereocenters. The average Bonchev–Trinajstić information content (AvgIpc) is 3.35. The van der Waals surface area contributed by atoms with Crippen LogP contribution in [0.3, 0.4) is 0 Å². The molecule has 35 heavy (non-hydrogen) atoms. The highest BCUT2D eigenvalue weighted by Crippen LogP contribution is 2.33. The molecule has 0 unspecified atom stereocenters. The van der Waals surface area contributed by atoms with Gasteiger partial charge >= 0.3 is 0 Å². The van der Waals surface area contributed by atoms with Gasteiger partial charge in [-0.3, -0.25) is 4.79 Å². The molecule has 2 heterocycles. The predicted octanol–water partition coefficient (Wildman–Crippen LogP) is 5.95. The van der Waals surface area contributed by atoms with Crippen LogP contribution in [0.5, 0.6) is 5.75 Å². The van der Waals surface area contributed by atoms with Crippen LogP contribution in [0.2, 0.25) is 10.0 Å². The fourth-order valence-corrected chi connectivity index (χ4v) is 4.49. The Kier molecular flexibility index (Phi) is 6.83. The van der Waals surface area contributed by atoms with Crippen LogP contribution in [0, 0.1) is 5.82 Å². The smallest absolute Gasteiger partial charge is 0.266 e. The Bertz CT molecular complexity index is 1370. The minimum Gasteiger partial charge on any atom is -0.484 e. The Labute approximate surface area is 210 Å². The van der Waals surface area contributed by atoms with Crippen molar-refractivity contribution in [2.24, 2.45) is 0 Å². The van der Waals surface area contributed by atoms with E-state index in [4.69, 9.17) is 32.4 Å². The number of fused-ring (bicyclic) bond motifs is 1. The Morgan fingerprint density at radius 3 is 2.69 bits per heavy atom. The summed E-state index contributed by atoms with van der Waals surface area (Å²) < 4.78 is 24.8. The van der Waals surface area contributed by atoms with E-state index in [1.54, 1.807) is 6.07 Å². The number of nitrogens with zero attached hydrogens (tertiary/aromatic N) is 3. The number of carbonyl (C=O) groups excluding carboxylic acids is 1. The van der Waals surface area contributed by atoms with E-state index in [0.717, 1.165) is 42.7 Å². The number of pyridine rings is 1. The van der Waals surface area contributed by atoms with Crippen molar-refractivity contribution in [1.29, 1.82) is 0 Å². The van der Waals surface area contributed by atoms with Gasteiger partial charge in [-0.05, 0) is 62.1 Å². The number of aromatic nitrogens is 3. The van der Waals surface area contributed by atoms with Crippen molar-refractivity contribution in [2.45, 2.75) is 37.6 Å². The maximum absolute atomic E-state index is 13.5. The number of hydrogen-bond acceptors (Lipinski definition) is 6. The summed E-state index contributed by atoms with van der Waals surface area (Å²) in [6, 6.07) is 13.4. The zero-order valence-corrected chi connectivity index (χ0v) is 20.0. The summed E-state index contributed by atoms with van der Waals surface area (Å²) in [4.78, 5) is 16.8.